The highest BCUT2D eigenvalue weighted by atomic mass is 15.2. The van der Waals surface area contributed by atoms with Crippen molar-refractivity contribution in [3.05, 3.63) is 314 Å². The molecule has 0 atom stereocenters. The predicted octanol–water partition coefficient (Wildman–Crippen LogP) is 22.1. The van der Waals surface area contributed by atoms with Gasteiger partial charge in [0.05, 0.1) is 33.4 Å². The molecule has 3 heterocycles. The van der Waals surface area contributed by atoms with Gasteiger partial charge in [-0.1, -0.05) is 284 Å². The molecule has 92 heavy (non-hydrogen) atoms. The van der Waals surface area contributed by atoms with Crippen LogP contribution in [-0.4, -0.2) is 11.3 Å². The molecule has 0 unspecified atom stereocenters. The molecule has 0 bridgehead atoms. The summed E-state index contributed by atoms with van der Waals surface area (Å²) in [4.78, 5) is 5.02. The van der Waals surface area contributed by atoms with Crippen molar-refractivity contribution in [3.63, 3.8) is 0 Å². The summed E-state index contributed by atoms with van der Waals surface area (Å²) in [5.74, 6) is 0. The van der Waals surface area contributed by atoms with Crippen molar-refractivity contribution in [3.8, 4) is 61.3 Å². The number of aromatic nitrogens is 1. The number of para-hydroxylation sites is 3. The Kier molecular flexibility index (Phi) is 10.9. The van der Waals surface area contributed by atoms with E-state index in [1.165, 1.54) is 16.2 Å². The van der Waals surface area contributed by atoms with Gasteiger partial charge < -0.3 is 14.4 Å². The Labute approximate surface area is 551 Å². The monoisotopic (exact) mass is 1190 g/mol. The fraction of sp³-hybridized carbons (Fsp3) is 0.0909. The van der Waals surface area contributed by atoms with Gasteiger partial charge in [-0.3, -0.25) is 0 Å². The van der Waals surface area contributed by atoms with Crippen molar-refractivity contribution in [1.82, 2.24) is 4.57 Å². The largest absolute Gasteiger partial charge is 0.310 e. The SMILES string of the molecule is [2H]c1c([2H])c([2H])c2c(c1[2H])c1c([2H])c([2H])c([2H])c([2H])c1n2-c1ccc2c(c1)N(c1c(-c3ccccc3)cc(C(C)(C)C)cc1-c1ccccc1)c1cc(C(C)(C)C)cc3c1B2c1cc(-c2ccccc2)ccc1N3c1c(-c2ccccc2)cccc1-c1ccc2c(ccc3ccccc32)c1. The summed E-state index contributed by atoms with van der Waals surface area (Å²) in [6, 6.07) is 88.5. The van der Waals surface area contributed by atoms with Crippen molar-refractivity contribution < 1.29 is 11.0 Å². The van der Waals surface area contributed by atoms with Gasteiger partial charge in [-0.05, 0) is 154 Å². The van der Waals surface area contributed by atoms with E-state index in [1.807, 2.05) is 6.07 Å². The minimum Gasteiger partial charge on any atom is -0.310 e. The van der Waals surface area contributed by atoms with Crippen molar-refractivity contribution in [2.24, 2.45) is 0 Å². The van der Waals surface area contributed by atoms with Gasteiger partial charge in [-0.25, -0.2) is 0 Å². The molecule has 15 aromatic rings. The van der Waals surface area contributed by atoms with E-state index in [0.29, 0.717) is 5.69 Å². The van der Waals surface area contributed by atoms with Crippen LogP contribution in [0.25, 0.3) is 105 Å². The second-order valence-electron chi connectivity index (χ2n) is 26.6. The number of anilines is 6. The maximum Gasteiger partial charge on any atom is 0.252 e. The van der Waals surface area contributed by atoms with Crippen LogP contribution in [0.15, 0.2) is 303 Å². The Morgan fingerprint density at radius 3 is 1.41 bits per heavy atom. The van der Waals surface area contributed by atoms with Gasteiger partial charge in [0.1, 0.15) is 0 Å². The summed E-state index contributed by atoms with van der Waals surface area (Å²) in [5.41, 5.74) is 21.0. The highest BCUT2D eigenvalue weighted by Crippen LogP contribution is 2.55. The second kappa shape index (κ2) is 21.4. The van der Waals surface area contributed by atoms with Gasteiger partial charge in [0, 0.05) is 61.5 Å². The molecule has 4 heteroatoms. The number of benzene rings is 14. The van der Waals surface area contributed by atoms with Crippen LogP contribution in [0, 0.1) is 0 Å². The lowest BCUT2D eigenvalue weighted by molar-refractivity contribution is 0.590. The van der Waals surface area contributed by atoms with E-state index >= 15 is 0 Å². The highest BCUT2D eigenvalue weighted by Gasteiger charge is 2.46. The lowest BCUT2D eigenvalue weighted by Gasteiger charge is -2.46. The summed E-state index contributed by atoms with van der Waals surface area (Å²) >= 11 is 0. The molecule has 1 aromatic heterocycles. The topological polar surface area (TPSA) is 11.4 Å². The van der Waals surface area contributed by atoms with Crippen molar-refractivity contribution in [2.45, 2.75) is 52.4 Å². The molecule has 0 N–H and O–H groups in total. The summed E-state index contributed by atoms with van der Waals surface area (Å²) in [6.45, 7) is 13.2. The van der Waals surface area contributed by atoms with Crippen LogP contribution in [0.4, 0.5) is 34.1 Å². The average Bonchev–Trinajstić information content (AvgIpc) is 0.973. The van der Waals surface area contributed by atoms with Crippen LogP contribution in [0.1, 0.15) is 63.6 Å². The molecule has 3 nitrogen and oxygen atoms in total. The molecule has 0 fully saturated rings. The number of hydrogen-bond acceptors (Lipinski definition) is 2. The van der Waals surface area contributed by atoms with Gasteiger partial charge in [-0.2, -0.15) is 0 Å². The summed E-state index contributed by atoms with van der Waals surface area (Å²) in [5, 5.41) is 4.75. The Hall–Kier alpha value is -10.9. The quantitative estimate of drug-likeness (QED) is 0.111. The van der Waals surface area contributed by atoms with E-state index in [-0.39, 0.29) is 51.4 Å². The lowest BCUT2D eigenvalue weighted by Crippen LogP contribution is -2.61. The maximum atomic E-state index is 9.77. The molecule has 0 amide bonds. The van der Waals surface area contributed by atoms with Crippen molar-refractivity contribution in [2.75, 3.05) is 9.80 Å². The Morgan fingerprint density at radius 1 is 0.315 bits per heavy atom. The fourth-order valence-corrected chi connectivity index (χ4v) is 14.6. The maximum absolute atomic E-state index is 9.77. The van der Waals surface area contributed by atoms with E-state index in [1.54, 1.807) is 4.57 Å². The molecule has 438 valence electrons. The van der Waals surface area contributed by atoms with E-state index in [2.05, 4.69) is 300 Å². The van der Waals surface area contributed by atoms with E-state index in [9.17, 15) is 8.22 Å². The first-order chi connectivity index (χ1) is 48.2. The lowest BCUT2D eigenvalue weighted by atomic mass is 9.33. The van der Waals surface area contributed by atoms with Crippen LogP contribution in [0.2, 0.25) is 0 Å². The molecule has 2 aliphatic heterocycles. The molecule has 0 spiro atoms. The summed E-state index contributed by atoms with van der Waals surface area (Å²) in [6.07, 6.45) is 0. The van der Waals surface area contributed by atoms with Crippen LogP contribution >= 0.6 is 0 Å². The number of fused-ring (bicyclic) bond motifs is 10. The zero-order valence-electron chi connectivity index (χ0n) is 60.2. The van der Waals surface area contributed by atoms with Gasteiger partial charge in [-0.15, -0.1) is 0 Å². The standard InChI is InChI=1S/C88H68BN3/c1-87(2,3)65-52-74(59-30-15-9-16-31-59)86(75(53-65)60-32-17-10-18-33-60)92-81-56-67(90-78-40-23-21-36-72(78)73-37-22-24-41-79(73)90)46-48-76(81)89-77-51-62(57-26-11-7-12-27-57)45-49-80(77)91(82-54-66(88(4,5)6)55-83(92)84(82)89)85-70(58-28-13-8-14-29-58)38-25-39-71(85)64-44-47-69-63(50-64)43-42-61-34-19-20-35-68(61)69/h7-56H,1-6H3/i21D,22D,23D,24D,36D,37D,40D,41D. The van der Waals surface area contributed by atoms with Crippen LogP contribution in [-0.2, 0) is 10.8 Å². The Bertz CT molecular complexity index is 5780. The summed E-state index contributed by atoms with van der Waals surface area (Å²) in [7, 11) is 0. The summed E-state index contributed by atoms with van der Waals surface area (Å²) < 4.78 is 76.7. The minimum absolute atomic E-state index is 0.0185. The Balaban J connectivity index is 1.06. The van der Waals surface area contributed by atoms with E-state index in [4.69, 9.17) is 2.74 Å². The van der Waals surface area contributed by atoms with Crippen molar-refractivity contribution >= 4 is 101 Å². The average molecular weight is 1190 g/mol. The van der Waals surface area contributed by atoms with Crippen LogP contribution in [0.5, 0.6) is 0 Å². The number of nitrogens with zero attached hydrogens (tertiary/aromatic N) is 3. The molecule has 0 saturated heterocycles. The first-order valence-electron chi connectivity index (χ1n) is 35.8. The van der Waals surface area contributed by atoms with E-state index in [0.717, 1.165) is 123 Å². The molecule has 0 radical (unpaired) electrons. The Morgan fingerprint density at radius 2 is 0.804 bits per heavy atom. The third kappa shape index (κ3) is 8.95. The number of rotatable bonds is 8. The third-order valence-corrected chi connectivity index (χ3v) is 19.1. The first kappa shape index (κ1) is 47.1. The zero-order valence-corrected chi connectivity index (χ0v) is 52.2. The zero-order chi connectivity index (χ0) is 68.9. The number of hydrogen-bond donors (Lipinski definition) is 0. The van der Waals surface area contributed by atoms with Gasteiger partial charge in [0.2, 0.25) is 0 Å². The minimum atomic E-state index is -0.493. The smallest absolute Gasteiger partial charge is 0.252 e. The molecule has 0 aliphatic carbocycles. The molecule has 2 aliphatic rings. The second-order valence-corrected chi connectivity index (χ2v) is 26.6. The molecule has 14 aromatic carbocycles. The predicted molar refractivity (Wildman–Crippen MR) is 394 cm³/mol. The molecular formula is C88H68BN3. The van der Waals surface area contributed by atoms with Gasteiger partial charge in [0.15, 0.2) is 0 Å². The highest BCUT2D eigenvalue weighted by molar-refractivity contribution is 7.00. The molecule has 17 rings (SSSR count). The van der Waals surface area contributed by atoms with Gasteiger partial charge >= 0.3 is 0 Å². The van der Waals surface area contributed by atoms with Gasteiger partial charge in [0.25, 0.3) is 6.71 Å². The third-order valence-electron chi connectivity index (χ3n) is 19.1. The molecule has 0 saturated carbocycles. The molecular weight excluding hydrogens is 1110 g/mol. The van der Waals surface area contributed by atoms with Crippen molar-refractivity contribution in [1.29, 1.82) is 0 Å². The van der Waals surface area contributed by atoms with Crippen LogP contribution in [0.3, 0.4) is 0 Å². The fourth-order valence-electron chi connectivity index (χ4n) is 14.6. The first-order valence-corrected chi connectivity index (χ1v) is 31.8. The van der Waals surface area contributed by atoms with Crippen LogP contribution < -0.4 is 26.2 Å². The normalized spacial score (nSPS) is 14.0. The van der Waals surface area contributed by atoms with E-state index < -0.39 is 36.3 Å².